The van der Waals surface area contributed by atoms with Crippen molar-refractivity contribution in [2.75, 3.05) is 0 Å². The predicted octanol–water partition coefficient (Wildman–Crippen LogP) is 5.37. The summed E-state index contributed by atoms with van der Waals surface area (Å²) in [6, 6.07) is 11.7. The second-order valence-electron chi connectivity index (χ2n) is 7.05. The number of aryl methyl sites for hydroxylation is 2. The largest absolute Gasteiger partial charge is 0.573 e. The Kier molecular flexibility index (Phi) is 5.64. The zero-order valence-electron chi connectivity index (χ0n) is 14.9. The number of ether oxygens (including phenoxy) is 1. The lowest BCUT2D eigenvalue weighted by molar-refractivity contribution is -0.275. The van der Waals surface area contributed by atoms with E-state index in [1.807, 2.05) is 24.3 Å². The molecule has 0 aliphatic heterocycles. The quantitative estimate of drug-likeness (QED) is 0.774. The molecule has 0 aliphatic carbocycles. The first kappa shape index (κ1) is 19.8. The van der Waals surface area contributed by atoms with Crippen molar-refractivity contribution >= 4 is 5.97 Å². The van der Waals surface area contributed by atoms with Gasteiger partial charge in [-0.25, -0.2) is 4.79 Å². The summed E-state index contributed by atoms with van der Waals surface area (Å²) in [5.74, 6) is -2.10. The van der Waals surface area contributed by atoms with Gasteiger partial charge in [-0.15, -0.1) is 13.2 Å². The van der Waals surface area contributed by atoms with Crippen molar-refractivity contribution in [2.45, 2.75) is 45.4 Å². The molecule has 0 atom stereocenters. The van der Waals surface area contributed by atoms with Crippen molar-refractivity contribution in [3.05, 3.63) is 64.7 Å². The van der Waals surface area contributed by atoms with Gasteiger partial charge in [-0.2, -0.15) is 0 Å². The second-order valence-corrected chi connectivity index (χ2v) is 7.05. The number of aromatic carboxylic acids is 1. The molecular weight excluding hydrogens is 345 g/mol. The monoisotopic (exact) mass is 366 g/mol. The first-order chi connectivity index (χ1) is 12.0. The fourth-order valence-electron chi connectivity index (χ4n) is 2.93. The van der Waals surface area contributed by atoms with Gasteiger partial charge < -0.3 is 9.84 Å². The smallest absolute Gasteiger partial charge is 0.478 e. The Morgan fingerprint density at radius 3 is 2.12 bits per heavy atom. The van der Waals surface area contributed by atoms with Crippen LogP contribution in [0.25, 0.3) is 0 Å². The maximum Gasteiger partial charge on any atom is 0.573 e. The summed E-state index contributed by atoms with van der Waals surface area (Å²) in [6.07, 6.45) is -4.24. The molecule has 0 unspecified atom stereocenters. The number of alkyl halides is 3. The Morgan fingerprint density at radius 2 is 1.54 bits per heavy atom. The Morgan fingerprint density at radius 1 is 0.962 bits per heavy atom. The van der Waals surface area contributed by atoms with Crippen LogP contribution in [0.3, 0.4) is 0 Å². The Balaban J connectivity index is 2.36. The van der Waals surface area contributed by atoms with Gasteiger partial charge in [-0.05, 0) is 41.0 Å². The Bertz CT molecular complexity index is 790. The van der Waals surface area contributed by atoms with Gasteiger partial charge in [-0.1, -0.05) is 57.2 Å². The van der Waals surface area contributed by atoms with Crippen LogP contribution in [-0.2, 0) is 18.3 Å². The molecule has 0 bridgehead atoms. The van der Waals surface area contributed by atoms with Crippen molar-refractivity contribution in [2.24, 2.45) is 0 Å². The predicted molar refractivity (Wildman–Crippen MR) is 92.6 cm³/mol. The zero-order valence-corrected chi connectivity index (χ0v) is 14.9. The molecule has 0 fully saturated rings. The van der Waals surface area contributed by atoms with Crippen LogP contribution in [0.15, 0.2) is 42.5 Å². The normalized spacial score (nSPS) is 12.1. The van der Waals surface area contributed by atoms with E-state index in [1.165, 1.54) is 12.1 Å². The minimum atomic E-state index is -4.95. The van der Waals surface area contributed by atoms with Crippen molar-refractivity contribution in [3.63, 3.8) is 0 Å². The Labute approximate surface area is 150 Å². The highest BCUT2D eigenvalue weighted by atomic mass is 19.4. The van der Waals surface area contributed by atoms with Crippen molar-refractivity contribution in [1.29, 1.82) is 0 Å². The van der Waals surface area contributed by atoms with E-state index in [1.54, 1.807) is 0 Å². The highest BCUT2D eigenvalue weighted by Gasteiger charge is 2.34. The molecule has 1 N–H and O–H groups in total. The molecule has 0 spiro atoms. The third kappa shape index (κ3) is 5.00. The van der Waals surface area contributed by atoms with Crippen LogP contribution < -0.4 is 4.74 Å². The Hall–Kier alpha value is -2.50. The molecule has 0 aliphatic rings. The number of para-hydroxylation sites is 1. The molecule has 0 radical (unpaired) electrons. The third-order valence-electron chi connectivity index (χ3n) is 4.03. The van der Waals surface area contributed by atoms with E-state index in [0.29, 0.717) is 6.42 Å². The molecule has 140 valence electrons. The SMILES string of the molecule is CC(C)(C)c1ccccc1CCc1cccc(C(=O)O)c1OC(F)(F)F. The van der Waals surface area contributed by atoms with Crippen LogP contribution in [0.4, 0.5) is 13.2 Å². The molecule has 2 aromatic carbocycles. The van der Waals surface area contributed by atoms with E-state index < -0.39 is 23.6 Å². The summed E-state index contributed by atoms with van der Waals surface area (Å²) in [5, 5.41) is 9.18. The number of rotatable bonds is 5. The van der Waals surface area contributed by atoms with Crippen LogP contribution in [-0.4, -0.2) is 17.4 Å². The summed E-state index contributed by atoms with van der Waals surface area (Å²) in [6.45, 7) is 6.19. The third-order valence-corrected chi connectivity index (χ3v) is 4.03. The lowest BCUT2D eigenvalue weighted by Crippen LogP contribution is -2.20. The molecule has 0 saturated carbocycles. The number of carbonyl (C=O) groups is 1. The molecule has 0 aromatic heterocycles. The van der Waals surface area contributed by atoms with Crippen molar-refractivity contribution < 1.29 is 27.8 Å². The first-order valence-electron chi connectivity index (χ1n) is 8.18. The summed E-state index contributed by atoms with van der Waals surface area (Å²) in [5.41, 5.74) is 1.73. The van der Waals surface area contributed by atoms with E-state index >= 15 is 0 Å². The zero-order chi connectivity index (χ0) is 19.5. The van der Waals surface area contributed by atoms with E-state index in [0.717, 1.165) is 17.2 Å². The highest BCUT2D eigenvalue weighted by Crippen LogP contribution is 2.32. The number of benzene rings is 2. The maximum absolute atomic E-state index is 12.7. The molecule has 2 aromatic rings. The van der Waals surface area contributed by atoms with Crippen LogP contribution in [0.5, 0.6) is 5.75 Å². The van der Waals surface area contributed by atoms with Gasteiger partial charge in [0.15, 0.2) is 0 Å². The number of halogens is 3. The average molecular weight is 366 g/mol. The summed E-state index contributed by atoms with van der Waals surface area (Å²) < 4.78 is 42.2. The molecule has 2 rings (SSSR count). The molecule has 0 amide bonds. The second kappa shape index (κ2) is 7.40. The van der Waals surface area contributed by atoms with Crippen LogP contribution in [0, 0.1) is 0 Å². The van der Waals surface area contributed by atoms with Gasteiger partial charge in [0.25, 0.3) is 0 Å². The minimum Gasteiger partial charge on any atom is -0.478 e. The van der Waals surface area contributed by atoms with Gasteiger partial charge >= 0.3 is 12.3 Å². The fraction of sp³-hybridized carbons (Fsp3) is 0.350. The topological polar surface area (TPSA) is 46.5 Å². The van der Waals surface area contributed by atoms with Gasteiger partial charge in [0.2, 0.25) is 0 Å². The van der Waals surface area contributed by atoms with Gasteiger partial charge in [0.1, 0.15) is 11.3 Å². The molecular formula is C20H21F3O3. The molecule has 3 nitrogen and oxygen atoms in total. The fourth-order valence-corrected chi connectivity index (χ4v) is 2.93. The molecule has 6 heteroatoms. The highest BCUT2D eigenvalue weighted by molar-refractivity contribution is 5.91. The van der Waals surface area contributed by atoms with Gasteiger partial charge in [0.05, 0.1) is 0 Å². The van der Waals surface area contributed by atoms with Crippen LogP contribution in [0.2, 0.25) is 0 Å². The molecule has 0 heterocycles. The minimum absolute atomic E-state index is 0.106. The summed E-state index contributed by atoms with van der Waals surface area (Å²) in [4.78, 5) is 11.3. The number of hydrogen-bond acceptors (Lipinski definition) is 2. The van der Waals surface area contributed by atoms with Crippen LogP contribution in [0.1, 0.15) is 47.8 Å². The summed E-state index contributed by atoms with van der Waals surface area (Å²) in [7, 11) is 0. The average Bonchev–Trinajstić information content (AvgIpc) is 2.51. The van der Waals surface area contributed by atoms with Crippen molar-refractivity contribution in [1.82, 2.24) is 0 Å². The molecule has 26 heavy (non-hydrogen) atoms. The lowest BCUT2D eigenvalue weighted by Gasteiger charge is -2.23. The van der Waals surface area contributed by atoms with E-state index in [2.05, 4.69) is 25.5 Å². The van der Waals surface area contributed by atoms with Gasteiger partial charge in [-0.3, -0.25) is 0 Å². The lowest BCUT2D eigenvalue weighted by atomic mass is 9.82. The van der Waals surface area contributed by atoms with Crippen molar-refractivity contribution in [3.8, 4) is 5.75 Å². The summed E-state index contributed by atoms with van der Waals surface area (Å²) >= 11 is 0. The van der Waals surface area contributed by atoms with E-state index in [4.69, 9.17) is 0 Å². The standard InChI is InChI=1S/C20H21F3O3/c1-19(2,3)16-10-5-4-7-13(16)11-12-14-8-6-9-15(18(24)25)17(14)26-20(21,22)23/h4-10H,11-12H2,1-3H3,(H,24,25). The maximum atomic E-state index is 12.7. The number of carboxylic acids is 1. The van der Waals surface area contributed by atoms with Gasteiger partial charge in [0, 0.05) is 0 Å². The number of hydrogen-bond donors (Lipinski definition) is 1. The van der Waals surface area contributed by atoms with Crippen LogP contribution >= 0.6 is 0 Å². The number of carboxylic acid groups (broad SMARTS) is 1. The molecule has 0 saturated heterocycles. The van der Waals surface area contributed by atoms with E-state index in [-0.39, 0.29) is 17.4 Å². The first-order valence-corrected chi connectivity index (χ1v) is 8.18. The van der Waals surface area contributed by atoms with E-state index in [9.17, 15) is 23.1 Å².